The Morgan fingerprint density at radius 3 is 2.89 bits per heavy atom. The maximum Gasteiger partial charge on any atom is 0.264 e. The van der Waals surface area contributed by atoms with Gasteiger partial charge in [-0.05, 0) is 24.6 Å². The molecule has 9 nitrogen and oxygen atoms in total. The van der Waals surface area contributed by atoms with Gasteiger partial charge in [-0.15, -0.1) is 10.2 Å². The first-order valence-electron chi connectivity index (χ1n) is 8.10. The van der Waals surface area contributed by atoms with E-state index < -0.39 is 0 Å². The highest BCUT2D eigenvalue weighted by molar-refractivity contribution is 7.99. The molecule has 2 heterocycles. The van der Waals surface area contributed by atoms with Gasteiger partial charge in [-0.25, -0.2) is 10.1 Å². The molecule has 0 spiro atoms. The number of hydrogen-bond donors (Lipinski definition) is 3. The molecule has 27 heavy (non-hydrogen) atoms. The number of aryl methyl sites for hydroxylation is 1. The molecule has 0 saturated carbocycles. The minimum atomic E-state index is -0.117. The number of amides is 1. The number of anilines is 1. The maximum atomic E-state index is 12.0. The van der Waals surface area contributed by atoms with Crippen LogP contribution in [-0.2, 0) is 11.3 Å². The Bertz CT molecular complexity index is 904. The van der Waals surface area contributed by atoms with Gasteiger partial charge in [-0.1, -0.05) is 41.6 Å². The van der Waals surface area contributed by atoms with E-state index >= 15 is 0 Å². The number of nitrogens with two attached hydrogens (primary N) is 1. The monoisotopic (exact) mass is 385 g/mol. The fourth-order valence-corrected chi connectivity index (χ4v) is 2.74. The highest BCUT2D eigenvalue weighted by atomic mass is 32.2. The molecule has 0 aliphatic rings. The number of thioether (sulfide) groups is 1. The van der Waals surface area contributed by atoms with Gasteiger partial charge in [0.05, 0.1) is 18.2 Å². The van der Waals surface area contributed by atoms with Gasteiger partial charge >= 0.3 is 0 Å². The molecule has 0 unspecified atom stereocenters. The number of nitrogen functional groups attached to an aromatic ring is 1. The van der Waals surface area contributed by atoms with Crippen LogP contribution in [0.3, 0.4) is 0 Å². The molecule has 1 aromatic carbocycles. The normalized spacial score (nSPS) is 11.0. The number of nitrogens with zero attached hydrogens (tertiary/aromatic N) is 4. The SMILES string of the molecule is Cc1ccc(CNC(=O)CSc2nnc(N/N=C/c3ccco3)n2N)cc1. The molecule has 0 atom stereocenters. The first kappa shape index (κ1) is 18.5. The zero-order chi connectivity index (χ0) is 19.1. The minimum Gasteiger partial charge on any atom is -0.463 e. The van der Waals surface area contributed by atoms with Crippen molar-refractivity contribution >= 4 is 29.8 Å². The summed E-state index contributed by atoms with van der Waals surface area (Å²) in [6.07, 6.45) is 3.03. The van der Waals surface area contributed by atoms with E-state index in [2.05, 4.69) is 26.0 Å². The number of carbonyl (C=O) groups excluding carboxylic acids is 1. The Morgan fingerprint density at radius 1 is 1.33 bits per heavy atom. The third kappa shape index (κ3) is 5.35. The highest BCUT2D eigenvalue weighted by Crippen LogP contribution is 2.16. The summed E-state index contributed by atoms with van der Waals surface area (Å²) < 4.78 is 6.35. The molecule has 1 amide bonds. The standard InChI is InChI=1S/C17H19N7O2S/c1-12-4-6-13(7-5-12)9-19-15(25)11-27-17-23-22-16(24(17)18)21-20-10-14-3-2-8-26-14/h2-8,10H,9,11,18H2,1H3,(H,19,25)(H,21,22)/b20-10+. The van der Waals surface area contributed by atoms with Gasteiger partial charge in [0.15, 0.2) is 0 Å². The summed E-state index contributed by atoms with van der Waals surface area (Å²) >= 11 is 1.19. The fraction of sp³-hybridized carbons (Fsp3) is 0.176. The Morgan fingerprint density at radius 2 is 2.15 bits per heavy atom. The van der Waals surface area contributed by atoms with Crippen molar-refractivity contribution in [3.05, 3.63) is 59.5 Å². The Kier molecular flexibility index (Phi) is 6.10. The van der Waals surface area contributed by atoms with E-state index in [-0.39, 0.29) is 17.6 Å². The number of nitrogens with one attached hydrogen (secondary N) is 2. The summed E-state index contributed by atoms with van der Waals surface area (Å²) in [5.74, 6) is 6.81. The Balaban J connectivity index is 1.45. The van der Waals surface area contributed by atoms with Crippen molar-refractivity contribution in [1.29, 1.82) is 0 Å². The number of aromatic nitrogens is 3. The molecule has 3 rings (SSSR count). The van der Waals surface area contributed by atoms with E-state index in [9.17, 15) is 4.79 Å². The summed E-state index contributed by atoms with van der Waals surface area (Å²) in [6, 6.07) is 11.5. The van der Waals surface area contributed by atoms with Crippen LogP contribution in [0.5, 0.6) is 0 Å². The molecule has 3 aromatic rings. The number of furan rings is 1. The van der Waals surface area contributed by atoms with E-state index in [4.69, 9.17) is 10.3 Å². The van der Waals surface area contributed by atoms with E-state index in [1.165, 1.54) is 28.2 Å². The molecule has 0 radical (unpaired) electrons. The largest absolute Gasteiger partial charge is 0.463 e. The van der Waals surface area contributed by atoms with E-state index in [1.807, 2.05) is 31.2 Å². The lowest BCUT2D eigenvalue weighted by Gasteiger charge is -2.06. The van der Waals surface area contributed by atoms with Gasteiger partial charge in [0.25, 0.3) is 5.95 Å². The van der Waals surface area contributed by atoms with Crippen molar-refractivity contribution in [2.75, 3.05) is 17.0 Å². The van der Waals surface area contributed by atoms with E-state index in [1.54, 1.807) is 18.4 Å². The van der Waals surface area contributed by atoms with Crippen LogP contribution in [-0.4, -0.2) is 32.7 Å². The fourth-order valence-electron chi connectivity index (χ4n) is 2.06. The van der Waals surface area contributed by atoms with Gasteiger partial charge in [-0.3, -0.25) is 4.79 Å². The van der Waals surface area contributed by atoms with Crippen LogP contribution in [0.25, 0.3) is 0 Å². The summed E-state index contributed by atoms with van der Waals surface area (Å²) in [5.41, 5.74) is 4.90. The molecule has 0 saturated heterocycles. The molecule has 0 aliphatic heterocycles. The van der Waals surface area contributed by atoms with Crippen molar-refractivity contribution in [3.8, 4) is 0 Å². The lowest BCUT2D eigenvalue weighted by Crippen LogP contribution is -2.25. The van der Waals surface area contributed by atoms with Crippen LogP contribution >= 0.6 is 11.8 Å². The molecule has 4 N–H and O–H groups in total. The zero-order valence-electron chi connectivity index (χ0n) is 14.6. The van der Waals surface area contributed by atoms with E-state index in [0.717, 1.165) is 5.56 Å². The minimum absolute atomic E-state index is 0.117. The molecule has 0 aliphatic carbocycles. The average molecular weight is 385 g/mol. The van der Waals surface area contributed by atoms with Crippen LogP contribution in [0.4, 0.5) is 5.95 Å². The molecule has 2 aromatic heterocycles. The molecular weight excluding hydrogens is 366 g/mol. The molecular formula is C17H19N7O2S. The second-order valence-electron chi connectivity index (χ2n) is 5.61. The third-order valence-electron chi connectivity index (χ3n) is 3.51. The zero-order valence-corrected chi connectivity index (χ0v) is 15.4. The van der Waals surface area contributed by atoms with Crippen molar-refractivity contribution < 1.29 is 9.21 Å². The number of hydrazone groups is 1. The predicted octanol–water partition coefficient (Wildman–Crippen LogP) is 1.75. The lowest BCUT2D eigenvalue weighted by molar-refractivity contribution is -0.118. The van der Waals surface area contributed by atoms with E-state index in [0.29, 0.717) is 17.5 Å². The number of benzene rings is 1. The van der Waals surface area contributed by atoms with Gasteiger partial charge < -0.3 is 15.6 Å². The van der Waals surface area contributed by atoms with Gasteiger partial charge in [0.2, 0.25) is 11.1 Å². The van der Waals surface area contributed by atoms with Gasteiger partial charge in [0, 0.05) is 6.54 Å². The Hall–Kier alpha value is -3.27. The number of rotatable bonds is 8. The van der Waals surface area contributed by atoms with Crippen molar-refractivity contribution in [3.63, 3.8) is 0 Å². The molecule has 0 bridgehead atoms. The van der Waals surface area contributed by atoms with Gasteiger partial charge in [-0.2, -0.15) is 5.10 Å². The highest BCUT2D eigenvalue weighted by Gasteiger charge is 2.11. The second-order valence-corrected chi connectivity index (χ2v) is 6.56. The summed E-state index contributed by atoms with van der Waals surface area (Å²) in [6.45, 7) is 2.50. The van der Waals surface area contributed by atoms with Crippen molar-refractivity contribution in [1.82, 2.24) is 20.2 Å². The smallest absolute Gasteiger partial charge is 0.264 e. The predicted molar refractivity (Wildman–Crippen MR) is 104 cm³/mol. The second kappa shape index (κ2) is 8.90. The number of hydrogen-bond acceptors (Lipinski definition) is 8. The van der Waals surface area contributed by atoms with Crippen molar-refractivity contribution in [2.24, 2.45) is 5.10 Å². The Labute approximate surface area is 160 Å². The number of carbonyl (C=O) groups is 1. The molecule has 10 heteroatoms. The molecule has 0 fully saturated rings. The van der Waals surface area contributed by atoms with Crippen LogP contribution in [0, 0.1) is 6.92 Å². The lowest BCUT2D eigenvalue weighted by atomic mass is 10.1. The van der Waals surface area contributed by atoms with Crippen LogP contribution < -0.4 is 16.6 Å². The summed E-state index contributed by atoms with van der Waals surface area (Å²) in [7, 11) is 0. The third-order valence-corrected chi connectivity index (χ3v) is 4.45. The van der Waals surface area contributed by atoms with Gasteiger partial charge in [0.1, 0.15) is 5.76 Å². The van der Waals surface area contributed by atoms with Crippen LogP contribution in [0.2, 0.25) is 0 Å². The van der Waals surface area contributed by atoms with Crippen LogP contribution in [0.15, 0.2) is 57.3 Å². The molecule has 140 valence electrons. The summed E-state index contributed by atoms with van der Waals surface area (Å²) in [5, 5.41) is 15.1. The first-order chi connectivity index (χ1) is 13.1. The van der Waals surface area contributed by atoms with Crippen molar-refractivity contribution in [2.45, 2.75) is 18.6 Å². The first-order valence-corrected chi connectivity index (χ1v) is 9.08. The quantitative estimate of drug-likeness (QED) is 0.234. The van der Waals surface area contributed by atoms with Crippen LogP contribution in [0.1, 0.15) is 16.9 Å². The maximum absolute atomic E-state index is 12.0. The topological polar surface area (TPSA) is 123 Å². The average Bonchev–Trinajstić information content (AvgIpc) is 3.30. The summed E-state index contributed by atoms with van der Waals surface area (Å²) in [4.78, 5) is 12.0.